The largest absolute Gasteiger partial charge is 0.496 e. The van der Waals surface area contributed by atoms with Crippen LogP contribution in [0.25, 0.3) is 16.6 Å². The fourth-order valence-electron chi connectivity index (χ4n) is 4.01. The molecule has 0 radical (unpaired) electrons. The van der Waals surface area contributed by atoms with E-state index in [0.29, 0.717) is 22.3 Å². The van der Waals surface area contributed by atoms with E-state index in [1.54, 1.807) is 4.68 Å². The van der Waals surface area contributed by atoms with E-state index in [2.05, 4.69) is 22.4 Å². The van der Waals surface area contributed by atoms with Crippen molar-refractivity contribution in [2.75, 3.05) is 12.8 Å². The molecule has 5 rings (SSSR count). The van der Waals surface area contributed by atoms with Crippen molar-refractivity contribution in [1.82, 2.24) is 25.3 Å². The fourth-order valence-corrected chi connectivity index (χ4v) is 4.01. The molecule has 2 aromatic heterocycles. The van der Waals surface area contributed by atoms with Gasteiger partial charge in [0.25, 0.3) is 11.5 Å². The summed E-state index contributed by atoms with van der Waals surface area (Å²) < 4.78 is 20.4. The number of nitrogens with one attached hydrogen (secondary N) is 2. The number of rotatable bonds is 6. The molecule has 9 nitrogen and oxygen atoms in total. The van der Waals surface area contributed by atoms with Crippen molar-refractivity contribution in [3.8, 4) is 11.4 Å². The van der Waals surface area contributed by atoms with Gasteiger partial charge in [0.2, 0.25) is 0 Å². The third kappa shape index (κ3) is 3.66. The maximum absolute atomic E-state index is 13.6. The number of amides is 1. The predicted octanol–water partition coefficient (Wildman–Crippen LogP) is 2.82. The second-order valence-corrected chi connectivity index (χ2v) is 8.68. The lowest BCUT2D eigenvalue weighted by Crippen LogP contribution is -2.23. The number of benzene rings is 2. The number of nitrogen functional groups attached to an aromatic ring is 1. The second-order valence-electron chi connectivity index (χ2n) is 8.68. The normalized spacial score (nSPS) is 14.2. The Bertz CT molecular complexity index is 1470. The minimum Gasteiger partial charge on any atom is -0.496 e. The van der Waals surface area contributed by atoms with Gasteiger partial charge in [-0.3, -0.25) is 9.59 Å². The van der Waals surface area contributed by atoms with Crippen molar-refractivity contribution in [2.24, 2.45) is 0 Å². The van der Waals surface area contributed by atoms with Crippen LogP contribution >= 0.6 is 0 Å². The summed E-state index contributed by atoms with van der Waals surface area (Å²) in [5.41, 5.74) is 8.51. The van der Waals surface area contributed by atoms with Gasteiger partial charge >= 0.3 is 0 Å². The molecule has 0 atom stereocenters. The molecule has 1 fully saturated rings. The third-order valence-corrected chi connectivity index (χ3v) is 6.24. The van der Waals surface area contributed by atoms with Gasteiger partial charge in [0.1, 0.15) is 17.1 Å². The Morgan fingerprint density at radius 3 is 2.68 bits per heavy atom. The summed E-state index contributed by atoms with van der Waals surface area (Å²) in [6.07, 6.45) is 1.91. The van der Waals surface area contributed by atoms with Crippen LogP contribution in [0.15, 0.2) is 47.3 Å². The molecule has 0 spiro atoms. The molecular weight excluding hydrogens is 439 g/mol. The van der Waals surface area contributed by atoms with E-state index in [0.717, 1.165) is 30.2 Å². The Morgan fingerprint density at radius 1 is 1.26 bits per heavy atom. The molecule has 0 bridgehead atoms. The van der Waals surface area contributed by atoms with Crippen molar-refractivity contribution in [2.45, 2.75) is 31.7 Å². The van der Waals surface area contributed by atoms with Gasteiger partial charge in [0.15, 0.2) is 5.82 Å². The number of halogens is 1. The number of methoxy groups -OCH3 is 1. The number of H-pyrrole nitrogens is 1. The maximum Gasteiger partial charge on any atom is 0.275 e. The summed E-state index contributed by atoms with van der Waals surface area (Å²) in [5.74, 6) is -0.480. The minimum absolute atomic E-state index is 0.122. The smallest absolute Gasteiger partial charge is 0.275 e. The highest BCUT2D eigenvalue weighted by Gasteiger charge is 2.44. The van der Waals surface area contributed by atoms with Crippen molar-refractivity contribution in [3.63, 3.8) is 0 Å². The zero-order valence-corrected chi connectivity index (χ0v) is 18.7. The first-order chi connectivity index (χ1) is 16.3. The van der Waals surface area contributed by atoms with Crippen LogP contribution in [0.1, 0.15) is 41.4 Å². The van der Waals surface area contributed by atoms with E-state index < -0.39 is 11.7 Å². The van der Waals surface area contributed by atoms with Crippen LogP contribution in [0.4, 0.5) is 10.2 Å². The van der Waals surface area contributed by atoms with Gasteiger partial charge in [-0.25, -0.2) is 14.2 Å². The van der Waals surface area contributed by atoms with Crippen molar-refractivity contribution in [3.05, 3.63) is 75.5 Å². The van der Waals surface area contributed by atoms with Crippen LogP contribution in [0.3, 0.4) is 0 Å². The molecule has 174 valence electrons. The number of aromatic amines is 1. The Kier molecular flexibility index (Phi) is 5.07. The first-order valence-corrected chi connectivity index (χ1v) is 10.8. The van der Waals surface area contributed by atoms with Gasteiger partial charge in [0.05, 0.1) is 29.4 Å². The van der Waals surface area contributed by atoms with Gasteiger partial charge in [-0.1, -0.05) is 19.1 Å². The van der Waals surface area contributed by atoms with Crippen molar-refractivity contribution >= 4 is 22.6 Å². The molecule has 4 N–H and O–H groups in total. The molecule has 2 aromatic carbocycles. The third-order valence-electron chi connectivity index (χ3n) is 6.24. The van der Waals surface area contributed by atoms with E-state index in [-0.39, 0.29) is 28.9 Å². The summed E-state index contributed by atoms with van der Waals surface area (Å²) in [6, 6.07) is 11.1. The van der Waals surface area contributed by atoms with E-state index in [4.69, 9.17) is 15.6 Å². The number of fused-ring (bicyclic) bond motifs is 1. The number of ether oxygens (including phenoxy) is 1. The average Bonchev–Trinajstić information content (AvgIpc) is 3.44. The lowest BCUT2D eigenvalue weighted by atomic mass is 10.0. The molecular formula is C24H23FN6O3. The quantitative estimate of drug-likeness (QED) is 0.404. The Hall–Kier alpha value is -4.21. The summed E-state index contributed by atoms with van der Waals surface area (Å²) in [6.45, 7) is 2.31. The lowest BCUT2D eigenvalue weighted by Gasteiger charge is -2.10. The van der Waals surface area contributed by atoms with Gasteiger partial charge in [-0.2, -0.15) is 10.2 Å². The van der Waals surface area contributed by atoms with E-state index >= 15 is 0 Å². The second kappa shape index (κ2) is 7.98. The molecule has 2 heterocycles. The molecule has 4 aromatic rings. The Morgan fingerprint density at radius 2 is 2.00 bits per heavy atom. The summed E-state index contributed by atoms with van der Waals surface area (Å²) in [5, 5.41) is 14.4. The number of nitrogens with two attached hydrogens (primary N) is 1. The highest BCUT2D eigenvalue weighted by atomic mass is 19.1. The Labute approximate surface area is 193 Å². The van der Waals surface area contributed by atoms with Gasteiger partial charge in [0, 0.05) is 12.0 Å². The number of aromatic nitrogens is 4. The minimum atomic E-state index is -0.520. The first-order valence-electron chi connectivity index (χ1n) is 10.8. The molecule has 0 unspecified atom stereocenters. The standard InChI is InChI=1S/C24H23FN6O3/c1-24(9-10-24)20-18-19(21(26)28-29-23(18)33)31(30-20)15-6-3-13(4-7-15)12-27-22(32)16-11-14(25)5-8-17(16)34-2/h3-8,11H,9-10,12H2,1-2H3,(H2,26,28)(H,27,32)(H,29,33). The average molecular weight is 462 g/mol. The molecule has 0 aliphatic heterocycles. The summed E-state index contributed by atoms with van der Waals surface area (Å²) >= 11 is 0. The molecule has 34 heavy (non-hydrogen) atoms. The molecule has 1 aliphatic rings. The number of hydrogen-bond acceptors (Lipinski definition) is 6. The van der Waals surface area contributed by atoms with Crippen molar-refractivity contribution in [1.29, 1.82) is 0 Å². The number of nitrogens with zero attached hydrogens (tertiary/aromatic N) is 3. The number of anilines is 1. The molecule has 1 aliphatic carbocycles. The molecule has 1 saturated carbocycles. The van der Waals surface area contributed by atoms with Crippen molar-refractivity contribution < 1.29 is 13.9 Å². The zero-order chi connectivity index (χ0) is 24.0. The van der Waals surface area contributed by atoms with Crippen LogP contribution in [0.2, 0.25) is 0 Å². The first kappa shape index (κ1) is 21.6. The lowest BCUT2D eigenvalue weighted by molar-refractivity contribution is 0.0947. The number of hydrogen-bond donors (Lipinski definition) is 3. The zero-order valence-electron chi connectivity index (χ0n) is 18.7. The summed E-state index contributed by atoms with van der Waals surface area (Å²) in [7, 11) is 1.42. The number of carbonyl (C=O) groups excluding carboxylic acids is 1. The molecule has 10 heteroatoms. The van der Waals surface area contributed by atoms with Crippen LogP contribution in [-0.4, -0.2) is 33.0 Å². The van der Waals surface area contributed by atoms with Gasteiger partial charge in [-0.15, -0.1) is 0 Å². The van der Waals surface area contributed by atoms with Gasteiger partial charge in [-0.05, 0) is 48.7 Å². The maximum atomic E-state index is 13.6. The predicted molar refractivity (Wildman–Crippen MR) is 125 cm³/mol. The topological polar surface area (TPSA) is 128 Å². The molecule has 0 saturated heterocycles. The van der Waals surface area contributed by atoms with Crippen LogP contribution < -0.4 is 21.3 Å². The highest BCUT2D eigenvalue weighted by molar-refractivity contribution is 5.97. The summed E-state index contributed by atoms with van der Waals surface area (Å²) in [4.78, 5) is 25.1. The highest BCUT2D eigenvalue weighted by Crippen LogP contribution is 2.49. The van der Waals surface area contributed by atoms with Crippen LogP contribution in [0, 0.1) is 5.82 Å². The van der Waals surface area contributed by atoms with E-state index in [9.17, 15) is 14.0 Å². The van der Waals surface area contributed by atoms with E-state index in [1.165, 1.54) is 19.2 Å². The Balaban J connectivity index is 1.41. The SMILES string of the molecule is COc1ccc(F)cc1C(=O)NCc1ccc(-n2nc(C3(C)CC3)c3c(=O)[nH]nc(N)c32)cc1. The molecule has 1 amide bonds. The number of carbonyl (C=O) groups is 1. The monoisotopic (exact) mass is 462 g/mol. The van der Waals surface area contributed by atoms with E-state index in [1.807, 2.05) is 24.3 Å². The van der Waals surface area contributed by atoms with Gasteiger partial charge < -0.3 is 15.8 Å². The van der Waals surface area contributed by atoms with Crippen LogP contribution in [0.5, 0.6) is 5.75 Å². The van der Waals surface area contributed by atoms with Crippen LogP contribution in [-0.2, 0) is 12.0 Å². The fraction of sp³-hybridized carbons (Fsp3) is 0.250.